The number of likely N-dealkylation sites (N-methyl/N-ethyl adjacent to an activating group) is 1. The van der Waals surface area contributed by atoms with Crippen molar-refractivity contribution >= 4 is 0 Å². The lowest BCUT2D eigenvalue weighted by atomic mass is 9.92. The summed E-state index contributed by atoms with van der Waals surface area (Å²) in [5.74, 6) is 1.54. The fraction of sp³-hybridized carbons (Fsp3) is 0.250. The topological polar surface area (TPSA) is 21.3 Å². The van der Waals surface area contributed by atoms with E-state index in [0.29, 0.717) is 11.7 Å². The van der Waals surface area contributed by atoms with Gasteiger partial charge in [-0.1, -0.05) is 24.3 Å². The molecular formula is C16H16FNO. The molecule has 3 heteroatoms. The van der Waals surface area contributed by atoms with Gasteiger partial charge in [-0.2, -0.15) is 0 Å². The first-order chi connectivity index (χ1) is 9.28. The third kappa shape index (κ3) is 2.34. The zero-order valence-corrected chi connectivity index (χ0v) is 10.8. The Bertz CT molecular complexity index is 597. The number of rotatable bonds is 2. The van der Waals surface area contributed by atoms with Crippen molar-refractivity contribution in [2.45, 2.75) is 12.3 Å². The summed E-state index contributed by atoms with van der Waals surface area (Å²) in [6, 6.07) is 12.8. The van der Waals surface area contributed by atoms with Crippen LogP contribution in [0, 0.1) is 5.82 Å². The highest BCUT2D eigenvalue weighted by Crippen LogP contribution is 2.39. The Labute approximate surface area is 112 Å². The number of nitrogens with one attached hydrogen (secondary N) is 1. The van der Waals surface area contributed by atoms with E-state index in [0.717, 1.165) is 24.3 Å². The molecule has 1 N–H and O–H groups in total. The normalized spacial score (nSPS) is 17.1. The molecule has 19 heavy (non-hydrogen) atoms. The molecule has 0 aromatic heterocycles. The predicted octanol–water partition coefficient (Wildman–Crippen LogP) is 3.48. The summed E-state index contributed by atoms with van der Waals surface area (Å²) in [5, 5.41) is 3.22. The average molecular weight is 257 g/mol. The monoisotopic (exact) mass is 257 g/mol. The molecule has 0 fully saturated rings. The van der Waals surface area contributed by atoms with Gasteiger partial charge in [0, 0.05) is 18.5 Å². The summed E-state index contributed by atoms with van der Waals surface area (Å²) in [6.07, 6.45) is 0.855. The maximum absolute atomic E-state index is 13.4. The van der Waals surface area contributed by atoms with Gasteiger partial charge in [0.2, 0.25) is 0 Å². The maximum Gasteiger partial charge on any atom is 0.133 e. The van der Waals surface area contributed by atoms with E-state index in [1.165, 1.54) is 17.7 Å². The van der Waals surface area contributed by atoms with Crippen LogP contribution in [0.15, 0.2) is 42.5 Å². The van der Waals surface area contributed by atoms with Crippen LogP contribution >= 0.6 is 0 Å². The molecule has 0 radical (unpaired) electrons. The van der Waals surface area contributed by atoms with Gasteiger partial charge in [-0.15, -0.1) is 0 Å². The number of hydrogen-bond donors (Lipinski definition) is 1. The van der Waals surface area contributed by atoms with Crippen molar-refractivity contribution in [3.63, 3.8) is 0 Å². The molecule has 0 saturated heterocycles. The lowest BCUT2D eigenvalue weighted by molar-refractivity contribution is 0.472. The molecule has 1 aliphatic heterocycles. The van der Waals surface area contributed by atoms with E-state index in [2.05, 4.69) is 11.4 Å². The molecule has 0 amide bonds. The second-order valence-corrected chi connectivity index (χ2v) is 4.85. The Kier molecular flexibility index (Phi) is 3.22. The van der Waals surface area contributed by atoms with E-state index >= 15 is 0 Å². The first-order valence-corrected chi connectivity index (χ1v) is 6.47. The minimum Gasteiger partial charge on any atom is -0.457 e. The van der Waals surface area contributed by atoms with Gasteiger partial charge >= 0.3 is 0 Å². The van der Waals surface area contributed by atoms with Crippen LogP contribution < -0.4 is 10.1 Å². The molecule has 98 valence electrons. The van der Waals surface area contributed by atoms with Gasteiger partial charge < -0.3 is 10.1 Å². The standard InChI is InChI=1S/C16H16FNO/c1-18-10-12-8-11-6-7-13(17)9-16(11)19-15-5-3-2-4-14(12)15/h2-7,9,12,18H,8,10H2,1H3. The molecule has 0 bridgehead atoms. The highest BCUT2D eigenvalue weighted by molar-refractivity contribution is 5.47. The van der Waals surface area contributed by atoms with Crippen molar-refractivity contribution in [1.29, 1.82) is 0 Å². The van der Waals surface area contributed by atoms with Gasteiger partial charge in [-0.3, -0.25) is 0 Å². The molecule has 0 saturated carbocycles. The van der Waals surface area contributed by atoms with Crippen molar-refractivity contribution < 1.29 is 9.13 Å². The van der Waals surface area contributed by atoms with Crippen molar-refractivity contribution in [3.8, 4) is 11.5 Å². The van der Waals surface area contributed by atoms with Crippen LogP contribution in [0.4, 0.5) is 4.39 Å². The second kappa shape index (κ2) is 5.02. The highest BCUT2D eigenvalue weighted by Gasteiger charge is 2.22. The van der Waals surface area contributed by atoms with E-state index in [9.17, 15) is 4.39 Å². The Morgan fingerprint density at radius 3 is 2.89 bits per heavy atom. The quantitative estimate of drug-likeness (QED) is 0.889. The fourth-order valence-electron chi connectivity index (χ4n) is 2.63. The van der Waals surface area contributed by atoms with Crippen LogP contribution in [0.2, 0.25) is 0 Å². The summed E-state index contributed by atoms with van der Waals surface area (Å²) in [4.78, 5) is 0. The van der Waals surface area contributed by atoms with Crippen LogP contribution in [0.5, 0.6) is 11.5 Å². The molecule has 2 aromatic rings. The first kappa shape index (κ1) is 12.2. The molecule has 1 heterocycles. The molecule has 1 aliphatic rings. The van der Waals surface area contributed by atoms with Crippen LogP contribution in [0.3, 0.4) is 0 Å². The lowest BCUT2D eigenvalue weighted by Gasteiger charge is -2.15. The van der Waals surface area contributed by atoms with Crippen LogP contribution in [0.25, 0.3) is 0 Å². The van der Waals surface area contributed by atoms with E-state index in [4.69, 9.17) is 4.74 Å². The number of halogens is 1. The number of hydrogen-bond acceptors (Lipinski definition) is 2. The summed E-state index contributed by atoms with van der Waals surface area (Å²) in [5.41, 5.74) is 2.23. The zero-order chi connectivity index (χ0) is 13.2. The average Bonchev–Trinajstić information content (AvgIpc) is 2.56. The number of ether oxygens (including phenoxy) is 1. The second-order valence-electron chi connectivity index (χ2n) is 4.85. The van der Waals surface area contributed by atoms with Gasteiger partial charge in [0.1, 0.15) is 17.3 Å². The van der Waals surface area contributed by atoms with E-state index in [-0.39, 0.29) is 5.82 Å². The lowest BCUT2D eigenvalue weighted by Crippen LogP contribution is -2.18. The predicted molar refractivity (Wildman–Crippen MR) is 73.3 cm³/mol. The molecule has 0 aliphatic carbocycles. The van der Waals surface area contributed by atoms with Gasteiger partial charge in [-0.25, -0.2) is 4.39 Å². The third-order valence-corrected chi connectivity index (χ3v) is 3.52. The maximum atomic E-state index is 13.4. The Balaban J connectivity index is 2.09. The SMILES string of the molecule is CNCC1Cc2ccc(F)cc2Oc2ccccc21. The van der Waals surface area contributed by atoms with Gasteiger partial charge in [-0.05, 0) is 36.7 Å². The van der Waals surface area contributed by atoms with Crippen molar-refractivity contribution in [3.05, 3.63) is 59.4 Å². The van der Waals surface area contributed by atoms with Gasteiger partial charge in [0.15, 0.2) is 0 Å². The van der Waals surface area contributed by atoms with Gasteiger partial charge in [0.25, 0.3) is 0 Å². The minimum atomic E-state index is -0.261. The third-order valence-electron chi connectivity index (χ3n) is 3.52. The van der Waals surface area contributed by atoms with Crippen LogP contribution in [-0.2, 0) is 6.42 Å². The van der Waals surface area contributed by atoms with Crippen LogP contribution in [-0.4, -0.2) is 13.6 Å². The van der Waals surface area contributed by atoms with E-state index < -0.39 is 0 Å². The fourth-order valence-corrected chi connectivity index (χ4v) is 2.63. The molecule has 0 spiro atoms. The Morgan fingerprint density at radius 1 is 1.21 bits per heavy atom. The summed E-state index contributed by atoms with van der Waals surface area (Å²) in [6.45, 7) is 0.872. The smallest absolute Gasteiger partial charge is 0.133 e. The molecular weight excluding hydrogens is 241 g/mol. The van der Waals surface area contributed by atoms with E-state index in [1.54, 1.807) is 0 Å². The van der Waals surface area contributed by atoms with Crippen LogP contribution in [0.1, 0.15) is 17.0 Å². The molecule has 1 atom stereocenters. The Hall–Kier alpha value is -1.87. The number of fused-ring (bicyclic) bond motifs is 2. The summed E-state index contributed by atoms with van der Waals surface area (Å²) < 4.78 is 19.2. The van der Waals surface area contributed by atoms with Gasteiger partial charge in [0.05, 0.1) is 0 Å². The molecule has 2 nitrogen and oxygen atoms in total. The zero-order valence-electron chi connectivity index (χ0n) is 10.8. The number of para-hydroxylation sites is 1. The Morgan fingerprint density at radius 2 is 2.05 bits per heavy atom. The highest BCUT2D eigenvalue weighted by atomic mass is 19.1. The largest absolute Gasteiger partial charge is 0.457 e. The van der Waals surface area contributed by atoms with Crippen molar-refractivity contribution in [1.82, 2.24) is 5.32 Å². The summed E-state index contributed by atoms with van der Waals surface area (Å²) >= 11 is 0. The molecule has 2 aromatic carbocycles. The minimum absolute atomic E-state index is 0.261. The molecule has 3 rings (SSSR count). The molecule has 1 unspecified atom stereocenters. The van der Waals surface area contributed by atoms with Crippen molar-refractivity contribution in [2.75, 3.05) is 13.6 Å². The summed E-state index contributed by atoms with van der Waals surface area (Å²) in [7, 11) is 1.94. The van der Waals surface area contributed by atoms with Crippen molar-refractivity contribution in [2.24, 2.45) is 0 Å². The van der Waals surface area contributed by atoms with E-state index in [1.807, 2.05) is 31.3 Å². The first-order valence-electron chi connectivity index (χ1n) is 6.47. The number of benzene rings is 2.